The zero-order valence-electron chi connectivity index (χ0n) is 10.4. The largest absolute Gasteiger partial charge is 0.478 e. The lowest BCUT2D eigenvalue weighted by Crippen LogP contribution is -2.31. The Labute approximate surface area is 109 Å². The van der Waals surface area contributed by atoms with Crippen LogP contribution in [0.15, 0.2) is 18.2 Å². The van der Waals surface area contributed by atoms with Gasteiger partial charge in [-0.3, -0.25) is 0 Å². The predicted octanol–water partition coefficient (Wildman–Crippen LogP) is 1.68. The number of anilines is 1. The van der Waals surface area contributed by atoms with E-state index in [1.165, 1.54) is 6.07 Å². The third-order valence-electron chi connectivity index (χ3n) is 2.19. The Morgan fingerprint density at radius 2 is 2.16 bits per heavy atom. The molecule has 0 atom stereocenters. The normalized spacial score (nSPS) is 10.0. The molecule has 0 aliphatic rings. The average molecular weight is 270 g/mol. The summed E-state index contributed by atoms with van der Waals surface area (Å²) in [6.45, 7) is 3.11. The van der Waals surface area contributed by atoms with Gasteiger partial charge in [-0.25, -0.2) is 14.0 Å². The van der Waals surface area contributed by atoms with Crippen LogP contribution in [0.1, 0.15) is 17.3 Å². The number of nitrogens with one attached hydrogen (secondary N) is 2. The first-order valence-electron chi connectivity index (χ1n) is 5.70. The highest BCUT2D eigenvalue weighted by Gasteiger charge is 2.11. The van der Waals surface area contributed by atoms with E-state index in [1.807, 2.05) is 6.92 Å². The van der Waals surface area contributed by atoms with E-state index in [2.05, 4.69) is 10.6 Å². The molecule has 1 rings (SSSR count). The van der Waals surface area contributed by atoms with E-state index in [-0.39, 0.29) is 5.69 Å². The number of carboxylic acid groups (broad SMARTS) is 1. The van der Waals surface area contributed by atoms with Gasteiger partial charge in [-0.05, 0) is 25.1 Å². The number of rotatable bonds is 6. The highest BCUT2D eigenvalue weighted by atomic mass is 19.1. The Kier molecular flexibility index (Phi) is 5.74. The molecule has 0 aliphatic carbocycles. The number of carbonyl (C=O) groups excluding carboxylic acids is 1. The molecule has 7 heteroatoms. The lowest BCUT2D eigenvalue weighted by Gasteiger charge is -2.08. The van der Waals surface area contributed by atoms with E-state index in [9.17, 15) is 14.0 Å². The van der Waals surface area contributed by atoms with Gasteiger partial charge in [0.2, 0.25) is 0 Å². The van der Waals surface area contributed by atoms with Crippen molar-refractivity contribution in [1.29, 1.82) is 0 Å². The zero-order valence-corrected chi connectivity index (χ0v) is 10.4. The molecule has 0 saturated heterocycles. The molecule has 0 aliphatic heterocycles. The van der Waals surface area contributed by atoms with E-state index < -0.39 is 23.4 Å². The minimum Gasteiger partial charge on any atom is -0.478 e. The third kappa shape index (κ3) is 4.92. The molecular weight excluding hydrogens is 255 g/mol. The van der Waals surface area contributed by atoms with Crippen LogP contribution in [0.2, 0.25) is 0 Å². The Bertz CT molecular complexity index is 465. The summed E-state index contributed by atoms with van der Waals surface area (Å²) in [5, 5.41) is 13.5. The van der Waals surface area contributed by atoms with E-state index in [0.717, 1.165) is 12.1 Å². The maximum Gasteiger partial charge on any atom is 0.338 e. The molecule has 0 unspecified atom stereocenters. The second-order valence-electron chi connectivity index (χ2n) is 3.58. The van der Waals surface area contributed by atoms with Crippen LogP contribution in [-0.4, -0.2) is 36.9 Å². The number of amides is 2. The van der Waals surface area contributed by atoms with Crippen LogP contribution in [-0.2, 0) is 4.74 Å². The quantitative estimate of drug-likeness (QED) is 0.686. The van der Waals surface area contributed by atoms with Crippen LogP contribution in [0, 0.1) is 5.82 Å². The van der Waals surface area contributed by atoms with Crippen LogP contribution in [0.5, 0.6) is 0 Å². The van der Waals surface area contributed by atoms with E-state index in [4.69, 9.17) is 9.84 Å². The number of aromatic carboxylic acids is 1. The van der Waals surface area contributed by atoms with Gasteiger partial charge in [-0.2, -0.15) is 0 Å². The Balaban J connectivity index is 2.51. The van der Waals surface area contributed by atoms with Crippen molar-refractivity contribution >= 4 is 17.7 Å². The molecule has 0 aromatic heterocycles. The molecule has 2 amide bonds. The minimum absolute atomic E-state index is 0.177. The van der Waals surface area contributed by atoms with Crippen molar-refractivity contribution < 1.29 is 23.8 Å². The summed E-state index contributed by atoms with van der Waals surface area (Å²) < 4.78 is 18.4. The molecule has 0 saturated carbocycles. The summed E-state index contributed by atoms with van der Waals surface area (Å²) >= 11 is 0. The Morgan fingerprint density at radius 1 is 1.42 bits per heavy atom. The van der Waals surface area contributed by atoms with Crippen molar-refractivity contribution in [1.82, 2.24) is 5.32 Å². The highest BCUT2D eigenvalue weighted by molar-refractivity contribution is 5.91. The van der Waals surface area contributed by atoms with Crippen molar-refractivity contribution in [2.75, 3.05) is 25.1 Å². The van der Waals surface area contributed by atoms with Gasteiger partial charge in [-0.15, -0.1) is 0 Å². The van der Waals surface area contributed by atoms with Crippen molar-refractivity contribution in [3.8, 4) is 0 Å². The summed E-state index contributed by atoms with van der Waals surface area (Å²) in [5.41, 5.74) is -0.265. The average Bonchev–Trinajstić information content (AvgIpc) is 2.34. The molecule has 0 bridgehead atoms. The monoisotopic (exact) mass is 270 g/mol. The fourth-order valence-electron chi connectivity index (χ4n) is 1.32. The van der Waals surface area contributed by atoms with Crippen LogP contribution in [0.4, 0.5) is 14.9 Å². The highest BCUT2D eigenvalue weighted by Crippen LogP contribution is 2.14. The molecule has 1 aromatic carbocycles. The first-order valence-corrected chi connectivity index (χ1v) is 5.70. The van der Waals surface area contributed by atoms with Crippen LogP contribution < -0.4 is 10.6 Å². The van der Waals surface area contributed by atoms with Gasteiger partial charge >= 0.3 is 12.0 Å². The number of benzene rings is 1. The second-order valence-corrected chi connectivity index (χ2v) is 3.58. The van der Waals surface area contributed by atoms with Crippen LogP contribution >= 0.6 is 0 Å². The van der Waals surface area contributed by atoms with Crippen molar-refractivity contribution in [2.45, 2.75) is 6.92 Å². The molecular formula is C12H15FN2O4. The Hall–Kier alpha value is -2.15. The van der Waals surface area contributed by atoms with Gasteiger partial charge < -0.3 is 20.5 Å². The number of ether oxygens (including phenoxy) is 1. The fraction of sp³-hybridized carbons (Fsp3) is 0.333. The molecule has 0 radical (unpaired) electrons. The topological polar surface area (TPSA) is 87.7 Å². The predicted molar refractivity (Wildman–Crippen MR) is 66.9 cm³/mol. The lowest BCUT2D eigenvalue weighted by molar-refractivity contribution is 0.0692. The third-order valence-corrected chi connectivity index (χ3v) is 2.19. The van der Waals surface area contributed by atoms with Crippen molar-refractivity contribution in [3.05, 3.63) is 29.6 Å². The van der Waals surface area contributed by atoms with E-state index in [1.54, 1.807) is 0 Å². The van der Waals surface area contributed by atoms with Gasteiger partial charge in [-0.1, -0.05) is 0 Å². The summed E-state index contributed by atoms with van der Waals surface area (Å²) in [4.78, 5) is 22.0. The Morgan fingerprint density at radius 3 is 2.74 bits per heavy atom. The second kappa shape index (κ2) is 7.32. The molecule has 0 heterocycles. The summed E-state index contributed by atoms with van der Waals surface area (Å²) in [6, 6.07) is 2.84. The number of hydrogen-bond donors (Lipinski definition) is 3. The van der Waals surface area contributed by atoms with Gasteiger partial charge in [0, 0.05) is 18.8 Å². The SMILES string of the molecule is CCOCCNC(=O)Nc1ccc(C(=O)O)c(F)c1. The number of carboxylic acids is 1. The molecule has 0 spiro atoms. The van der Waals surface area contributed by atoms with E-state index >= 15 is 0 Å². The van der Waals surface area contributed by atoms with Gasteiger partial charge in [0.15, 0.2) is 0 Å². The minimum atomic E-state index is -1.36. The number of carbonyl (C=O) groups is 2. The molecule has 0 fully saturated rings. The van der Waals surface area contributed by atoms with Crippen LogP contribution in [0.25, 0.3) is 0 Å². The number of hydrogen-bond acceptors (Lipinski definition) is 3. The molecule has 19 heavy (non-hydrogen) atoms. The molecule has 1 aromatic rings. The summed E-state index contributed by atoms with van der Waals surface area (Å²) in [5.74, 6) is -2.26. The van der Waals surface area contributed by atoms with E-state index in [0.29, 0.717) is 19.8 Å². The smallest absolute Gasteiger partial charge is 0.338 e. The van der Waals surface area contributed by atoms with Crippen LogP contribution in [0.3, 0.4) is 0 Å². The summed E-state index contributed by atoms with van der Waals surface area (Å²) in [7, 11) is 0. The maximum absolute atomic E-state index is 13.3. The zero-order chi connectivity index (χ0) is 14.3. The first kappa shape index (κ1) is 14.9. The van der Waals surface area contributed by atoms with Crippen molar-refractivity contribution in [2.24, 2.45) is 0 Å². The van der Waals surface area contributed by atoms with Gasteiger partial charge in [0.25, 0.3) is 0 Å². The first-order chi connectivity index (χ1) is 9.04. The standard InChI is InChI=1S/C12H15FN2O4/c1-2-19-6-5-14-12(18)15-8-3-4-9(11(16)17)10(13)7-8/h3-4,7H,2,5-6H2,1H3,(H,16,17)(H2,14,15,18). The number of urea groups is 1. The fourth-order valence-corrected chi connectivity index (χ4v) is 1.32. The molecule has 6 nitrogen and oxygen atoms in total. The molecule has 104 valence electrons. The number of halogens is 1. The molecule has 3 N–H and O–H groups in total. The van der Waals surface area contributed by atoms with Crippen molar-refractivity contribution in [3.63, 3.8) is 0 Å². The lowest BCUT2D eigenvalue weighted by atomic mass is 10.2. The summed E-state index contributed by atoms with van der Waals surface area (Å²) in [6.07, 6.45) is 0. The maximum atomic E-state index is 13.3. The van der Waals surface area contributed by atoms with Gasteiger partial charge in [0.1, 0.15) is 5.82 Å². The van der Waals surface area contributed by atoms with Gasteiger partial charge in [0.05, 0.1) is 12.2 Å².